The van der Waals surface area contributed by atoms with E-state index < -0.39 is 18.1 Å². The maximum atomic E-state index is 12.8. The van der Waals surface area contributed by atoms with Crippen molar-refractivity contribution in [2.24, 2.45) is 0 Å². The summed E-state index contributed by atoms with van der Waals surface area (Å²) >= 11 is 6.29. The predicted octanol–water partition coefficient (Wildman–Crippen LogP) is 3.24. The third-order valence-electron chi connectivity index (χ3n) is 5.59. The molecule has 0 saturated carbocycles. The monoisotopic (exact) mass is 403 g/mol. The molecular weight excluding hydrogens is 382 g/mol. The van der Waals surface area contributed by atoms with E-state index in [-0.39, 0.29) is 35.0 Å². The molecule has 2 unspecified atom stereocenters. The van der Waals surface area contributed by atoms with Crippen LogP contribution in [0.4, 0.5) is 0 Å². The lowest BCUT2D eigenvalue weighted by molar-refractivity contribution is 0.0592. The average Bonchev–Trinajstić information content (AvgIpc) is 2.63. The van der Waals surface area contributed by atoms with Gasteiger partial charge in [0.1, 0.15) is 28.9 Å². The Morgan fingerprint density at radius 1 is 1.21 bits per heavy atom. The number of likely N-dealkylation sites (tertiary alicyclic amines) is 1. The van der Waals surface area contributed by atoms with E-state index in [9.17, 15) is 20.1 Å². The molecule has 0 aliphatic carbocycles. The number of fused-ring (bicyclic) bond motifs is 1. The Morgan fingerprint density at radius 3 is 2.68 bits per heavy atom. The molecule has 1 saturated heterocycles. The second kappa shape index (κ2) is 7.28. The van der Waals surface area contributed by atoms with Crippen LogP contribution in [-0.2, 0) is 0 Å². The van der Waals surface area contributed by atoms with Gasteiger partial charge in [-0.15, -0.1) is 0 Å². The fourth-order valence-corrected chi connectivity index (χ4v) is 4.44. The van der Waals surface area contributed by atoms with Crippen molar-refractivity contribution in [2.45, 2.75) is 31.0 Å². The highest BCUT2D eigenvalue weighted by molar-refractivity contribution is 6.31. The fraction of sp³-hybridized carbons (Fsp3) is 0.381. The Bertz CT molecular complexity index is 931. The van der Waals surface area contributed by atoms with Crippen molar-refractivity contribution in [3.05, 3.63) is 52.0 Å². The Hall–Kier alpha value is -2.28. The smallest absolute Gasteiger partial charge is 0.174 e. The minimum atomic E-state index is -0.724. The van der Waals surface area contributed by atoms with Crippen LogP contribution in [-0.4, -0.2) is 52.2 Å². The number of hydrogen-bond acceptors (Lipinski definition) is 6. The van der Waals surface area contributed by atoms with Gasteiger partial charge < -0.3 is 25.0 Å². The van der Waals surface area contributed by atoms with Crippen molar-refractivity contribution in [3.8, 4) is 17.2 Å². The normalized spacial score (nSPS) is 25.2. The van der Waals surface area contributed by atoms with E-state index in [4.69, 9.17) is 16.3 Å². The zero-order valence-corrected chi connectivity index (χ0v) is 16.2. The number of nitrogens with zero attached hydrogens (tertiary/aromatic N) is 1. The number of likely N-dealkylation sites (N-methyl/N-ethyl adjacent to an activating group) is 1. The van der Waals surface area contributed by atoms with Crippen LogP contribution in [0.3, 0.4) is 0 Å². The number of aliphatic hydroxyl groups is 1. The van der Waals surface area contributed by atoms with Crippen LogP contribution in [0.1, 0.15) is 46.3 Å². The molecule has 2 aromatic rings. The molecule has 2 aromatic carbocycles. The third kappa shape index (κ3) is 3.21. The van der Waals surface area contributed by atoms with Gasteiger partial charge in [-0.3, -0.25) is 4.79 Å². The molecule has 148 valence electrons. The van der Waals surface area contributed by atoms with Gasteiger partial charge in [0.25, 0.3) is 0 Å². The van der Waals surface area contributed by atoms with Crippen molar-refractivity contribution in [1.82, 2.24) is 4.90 Å². The first kappa shape index (κ1) is 19.1. The number of β-amino-alcohol motifs (C(OH)–C–C–N with tert-alkyl or cyclic N) is 1. The molecule has 2 aliphatic heterocycles. The van der Waals surface area contributed by atoms with Gasteiger partial charge in [-0.1, -0.05) is 29.8 Å². The van der Waals surface area contributed by atoms with Gasteiger partial charge in [0.15, 0.2) is 5.78 Å². The Labute approximate surface area is 167 Å². The molecule has 28 heavy (non-hydrogen) atoms. The lowest BCUT2D eigenvalue weighted by atomic mass is 9.83. The van der Waals surface area contributed by atoms with Crippen LogP contribution in [0.2, 0.25) is 5.02 Å². The topological polar surface area (TPSA) is 90.2 Å². The molecular formula is C21H22ClNO5. The van der Waals surface area contributed by atoms with E-state index in [1.54, 1.807) is 18.2 Å². The number of halogens is 1. The summed E-state index contributed by atoms with van der Waals surface area (Å²) in [6.45, 7) is 1.18. The average molecular weight is 404 g/mol. The number of carbonyl (C=O) groups excluding carboxylic acids is 1. The zero-order valence-electron chi connectivity index (χ0n) is 15.4. The van der Waals surface area contributed by atoms with E-state index in [0.717, 1.165) is 12.6 Å². The Morgan fingerprint density at radius 2 is 1.96 bits per heavy atom. The molecule has 1 fully saturated rings. The van der Waals surface area contributed by atoms with Gasteiger partial charge in [0, 0.05) is 34.7 Å². The number of hydrogen-bond donors (Lipinski definition) is 3. The van der Waals surface area contributed by atoms with E-state index in [2.05, 4.69) is 0 Å². The van der Waals surface area contributed by atoms with E-state index in [1.807, 2.05) is 18.0 Å². The minimum absolute atomic E-state index is 0.0322. The van der Waals surface area contributed by atoms with Gasteiger partial charge in [-0.2, -0.15) is 0 Å². The first-order chi connectivity index (χ1) is 13.4. The quantitative estimate of drug-likeness (QED) is 0.713. The van der Waals surface area contributed by atoms with E-state index in [1.165, 1.54) is 0 Å². The molecule has 2 heterocycles. The Kier molecular flexibility index (Phi) is 4.95. The summed E-state index contributed by atoms with van der Waals surface area (Å²) in [4.78, 5) is 14.8. The van der Waals surface area contributed by atoms with Crippen LogP contribution in [0.15, 0.2) is 30.3 Å². The summed E-state index contributed by atoms with van der Waals surface area (Å²) in [5, 5.41) is 32.0. The number of aliphatic hydroxyl groups excluding tert-OH is 1. The van der Waals surface area contributed by atoms with E-state index in [0.29, 0.717) is 29.1 Å². The van der Waals surface area contributed by atoms with Crippen LogP contribution >= 0.6 is 11.6 Å². The zero-order chi connectivity index (χ0) is 20.0. The molecule has 0 spiro atoms. The molecule has 2 aliphatic rings. The molecule has 0 radical (unpaired) electrons. The van der Waals surface area contributed by atoms with Crippen molar-refractivity contribution >= 4 is 17.4 Å². The SMILES string of the molecule is CN1CCC(c2c(O)cc(O)c3c2OC(c2ccccc2Cl)CC3=O)[C@@H](O)C1. The summed E-state index contributed by atoms with van der Waals surface area (Å²) in [5.41, 5.74) is 1.10. The number of benzene rings is 2. The van der Waals surface area contributed by atoms with Crippen molar-refractivity contribution in [1.29, 1.82) is 0 Å². The Balaban J connectivity index is 1.82. The van der Waals surface area contributed by atoms with E-state index >= 15 is 0 Å². The molecule has 0 amide bonds. The molecule has 7 heteroatoms. The number of carbonyl (C=O) groups is 1. The minimum Gasteiger partial charge on any atom is -0.507 e. The van der Waals surface area contributed by atoms with Crippen molar-refractivity contribution < 1.29 is 24.9 Å². The number of ketones is 1. The number of piperidine rings is 1. The molecule has 0 bridgehead atoms. The number of phenols is 2. The number of ether oxygens (including phenoxy) is 1. The lowest BCUT2D eigenvalue weighted by Gasteiger charge is -2.37. The highest BCUT2D eigenvalue weighted by Gasteiger charge is 2.39. The predicted molar refractivity (Wildman–Crippen MR) is 104 cm³/mol. The third-order valence-corrected chi connectivity index (χ3v) is 5.94. The van der Waals surface area contributed by atoms with Crippen molar-refractivity contribution in [2.75, 3.05) is 20.1 Å². The summed E-state index contributed by atoms with van der Waals surface area (Å²) in [6, 6.07) is 8.28. The summed E-state index contributed by atoms with van der Waals surface area (Å²) in [7, 11) is 1.92. The maximum absolute atomic E-state index is 12.8. The molecule has 3 atom stereocenters. The summed E-state index contributed by atoms with van der Waals surface area (Å²) in [6.07, 6.45) is -0.726. The number of aromatic hydroxyl groups is 2. The molecule has 4 rings (SSSR count). The number of Topliss-reactive ketones (excluding diaryl/α,β-unsaturated/α-hetero) is 1. The largest absolute Gasteiger partial charge is 0.507 e. The number of phenolic OH excluding ortho intramolecular Hbond substituents is 2. The van der Waals surface area contributed by atoms with Gasteiger partial charge >= 0.3 is 0 Å². The van der Waals surface area contributed by atoms with Crippen LogP contribution in [0.5, 0.6) is 17.2 Å². The summed E-state index contributed by atoms with van der Waals surface area (Å²) < 4.78 is 6.14. The fourth-order valence-electron chi connectivity index (χ4n) is 4.19. The molecule has 0 aromatic heterocycles. The first-order valence-electron chi connectivity index (χ1n) is 9.26. The van der Waals surface area contributed by atoms with Gasteiger partial charge in [0.2, 0.25) is 0 Å². The second-order valence-corrected chi connectivity index (χ2v) is 7.92. The highest BCUT2D eigenvalue weighted by Crippen LogP contribution is 2.50. The van der Waals surface area contributed by atoms with Gasteiger partial charge in [-0.25, -0.2) is 0 Å². The highest BCUT2D eigenvalue weighted by atomic mass is 35.5. The van der Waals surface area contributed by atoms with Crippen LogP contribution in [0.25, 0.3) is 0 Å². The van der Waals surface area contributed by atoms with Crippen molar-refractivity contribution in [3.63, 3.8) is 0 Å². The lowest BCUT2D eigenvalue weighted by Crippen LogP contribution is -2.40. The van der Waals surface area contributed by atoms with Crippen LogP contribution < -0.4 is 4.74 Å². The standard InChI is InChI=1S/C21H22ClNO5/c1-23-7-6-12(17(27)10-23)19-14(24)8-15(25)20-16(26)9-18(28-21(19)20)11-4-2-3-5-13(11)22/h2-5,8,12,17-18,24-25,27H,6-7,9-10H2,1H3/t12?,17-,18?/m0/s1. The molecule has 6 nitrogen and oxygen atoms in total. The van der Waals surface area contributed by atoms with Gasteiger partial charge in [-0.05, 0) is 26.1 Å². The second-order valence-electron chi connectivity index (χ2n) is 7.51. The summed E-state index contributed by atoms with van der Waals surface area (Å²) in [5.74, 6) is -1.04. The molecule has 3 N–H and O–H groups in total. The number of rotatable bonds is 2. The van der Waals surface area contributed by atoms with Gasteiger partial charge in [0.05, 0.1) is 12.5 Å². The maximum Gasteiger partial charge on any atom is 0.174 e. The van der Waals surface area contributed by atoms with Crippen LogP contribution in [0, 0.1) is 0 Å². The first-order valence-corrected chi connectivity index (χ1v) is 9.64.